The Labute approximate surface area is 173 Å². The van der Waals surface area contributed by atoms with Crippen molar-refractivity contribution < 1.29 is 4.79 Å². The molecule has 6 nitrogen and oxygen atoms in total. The van der Waals surface area contributed by atoms with Crippen LogP contribution in [0.2, 0.25) is 0 Å². The van der Waals surface area contributed by atoms with E-state index in [1.807, 2.05) is 66.3 Å². The number of hydrogen-bond acceptors (Lipinski definition) is 4. The van der Waals surface area contributed by atoms with E-state index in [2.05, 4.69) is 33.3 Å². The topological polar surface area (TPSA) is 64.2 Å². The molecule has 0 aliphatic heterocycles. The van der Waals surface area contributed by atoms with Gasteiger partial charge in [-0.15, -0.1) is 0 Å². The summed E-state index contributed by atoms with van der Waals surface area (Å²) in [5.41, 5.74) is 6.67. The molecule has 0 aliphatic carbocycles. The lowest BCUT2D eigenvalue weighted by Gasteiger charge is -2.09. The van der Waals surface area contributed by atoms with Crippen LogP contribution in [0, 0.1) is 0 Å². The molecule has 0 spiro atoms. The molecule has 0 aliphatic rings. The van der Waals surface area contributed by atoms with Crippen LogP contribution in [0.1, 0.15) is 11.3 Å². The second kappa shape index (κ2) is 8.79. The molecule has 2 aromatic heterocycles. The molecule has 0 saturated carbocycles. The van der Waals surface area contributed by atoms with Gasteiger partial charge in [-0.25, -0.2) is 10.4 Å². The standard InChI is InChI=1S/C22H21N5OS/c1-26-13-7-10-18(26)14-23-25-21(28)16-29-22-24-19-11-5-6-12-20(19)27(22)15-17-8-3-2-4-9-17/h2-14H,15-16H2,1H3,(H,25,28)/b23-14+. The lowest BCUT2D eigenvalue weighted by Crippen LogP contribution is -2.20. The third kappa shape index (κ3) is 4.57. The second-order valence-corrected chi connectivity index (χ2v) is 7.52. The first-order valence-electron chi connectivity index (χ1n) is 9.26. The average Bonchev–Trinajstić information content (AvgIpc) is 3.31. The number of carbonyl (C=O) groups is 1. The van der Waals surface area contributed by atoms with E-state index in [0.29, 0.717) is 6.54 Å². The fourth-order valence-electron chi connectivity index (χ4n) is 3.02. The molecule has 7 heteroatoms. The number of imidazole rings is 1. The summed E-state index contributed by atoms with van der Waals surface area (Å²) >= 11 is 1.41. The predicted octanol–water partition coefficient (Wildman–Crippen LogP) is 3.67. The number of carbonyl (C=O) groups excluding carboxylic acids is 1. The minimum absolute atomic E-state index is 0.168. The molecular formula is C22H21N5OS. The maximum Gasteiger partial charge on any atom is 0.250 e. The van der Waals surface area contributed by atoms with E-state index in [9.17, 15) is 4.79 Å². The van der Waals surface area contributed by atoms with Crippen LogP contribution in [0.4, 0.5) is 0 Å². The Kier molecular flexibility index (Phi) is 5.76. The fraction of sp³-hybridized carbons (Fsp3) is 0.136. The number of aryl methyl sites for hydroxylation is 1. The molecule has 4 rings (SSSR count). The van der Waals surface area contributed by atoms with Crippen molar-refractivity contribution in [2.45, 2.75) is 11.7 Å². The van der Waals surface area contributed by atoms with Crippen molar-refractivity contribution in [1.29, 1.82) is 0 Å². The van der Waals surface area contributed by atoms with Crippen LogP contribution in [0.25, 0.3) is 11.0 Å². The van der Waals surface area contributed by atoms with Gasteiger partial charge in [-0.3, -0.25) is 4.79 Å². The van der Waals surface area contributed by atoms with Crippen LogP contribution >= 0.6 is 11.8 Å². The third-order valence-electron chi connectivity index (χ3n) is 4.51. The van der Waals surface area contributed by atoms with E-state index in [4.69, 9.17) is 4.98 Å². The molecule has 1 N–H and O–H groups in total. The number of fused-ring (bicyclic) bond motifs is 1. The summed E-state index contributed by atoms with van der Waals surface area (Å²) in [5.74, 6) is 0.0709. The van der Waals surface area contributed by atoms with Crippen molar-refractivity contribution in [3.8, 4) is 0 Å². The molecule has 1 amide bonds. The van der Waals surface area contributed by atoms with E-state index < -0.39 is 0 Å². The highest BCUT2D eigenvalue weighted by atomic mass is 32.2. The summed E-state index contributed by atoms with van der Waals surface area (Å²) in [4.78, 5) is 16.9. The molecule has 0 fully saturated rings. The van der Waals surface area contributed by atoms with Gasteiger partial charge in [0.2, 0.25) is 0 Å². The zero-order chi connectivity index (χ0) is 20.1. The number of thioether (sulfide) groups is 1. The first-order valence-corrected chi connectivity index (χ1v) is 10.2. The maximum absolute atomic E-state index is 12.2. The van der Waals surface area contributed by atoms with Crippen molar-refractivity contribution in [1.82, 2.24) is 19.5 Å². The first-order chi connectivity index (χ1) is 14.2. The molecule has 4 aromatic rings. The molecule has 0 atom stereocenters. The van der Waals surface area contributed by atoms with Crippen molar-refractivity contribution in [2.75, 3.05) is 5.75 Å². The number of hydrazone groups is 1. The number of nitrogens with zero attached hydrogens (tertiary/aromatic N) is 4. The van der Waals surface area contributed by atoms with Gasteiger partial charge >= 0.3 is 0 Å². The second-order valence-electron chi connectivity index (χ2n) is 6.58. The zero-order valence-electron chi connectivity index (χ0n) is 16.0. The highest BCUT2D eigenvalue weighted by Crippen LogP contribution is 2.25. The molecule has 2 aromatic carbocycles. The van der Waals surface area contributed by atoms with E-state index in [1.54, 1.807) is 6.21 Å². The Hall–Kier alpha value is -3.32. The maximum atomic E-state index is 12.2. The summed E-state index contributed by atoms with van der Waals surface area (Å²) in [5, 5.41) is 4.85. The van der Waals surface area contributed by atoms with E-state index in [1.165, 1.54) is 17.3 Å². The van der Waals surface area contributed by atoms with Gasteiger partial charge in [0.25, 0.3) is 5.91 Å². The molecular weight excluding hydrogens is 382 g/mol. The number of benzene rings is 2. The lowest BCUT2D eigenvalue weighted by molar-refractivity contribution is -0.118. The molecule has 0 radical (unpaired) electrons. The van der Waals surface area contributed by atoms with Gasteiger partial charge in [-0.05, 0) is 29.8 Å². The molecule has 29 heavy (non-hydrogen) atoms. The summed E-state index contributed by atoms with van der Waals surface area (Å²) in [6.45, 7) is 0.705. The van der Waals surface area contributed by atoms with Gasteiger partial charge in [0.05, 0.1) is 35.2 Å². The average molecular weight is 404 g/mol. The number of para-hydroxylation sites is 2. The fourth-order valence-corrected chi connectivity index (χ4v) is 3.83. The Balaban J connectivity index is 1.46. The van der Waals surface area contributed by atoms with Crippen LogP contribution in [-0.2, 0) is 18.4 Å². The van der Waals surface area contributed by atoms with Crippen molar-refractivity contribution in [3.05, 3.63) is 84.2 Å². The minimum Gasteiger partial charge on any atom is -0.350 e. The molecule has 146 valence electrons. The van der Waals surface area contributed by atoms with Crippen LogP contribution in [-0.4, -0.2) is 32.0 Å². The predicted molar refractivity (Wildman–Crippen MR) is 117 cm³/mol. The highest BCUT2D eigenvalue weighted by molar-refractivity contribution is 7.99. The summed E-state index contributed by atoms with van der Waals surface area (Å²) < 4.78 is 4.08. The number of amides is 1. The van der Waals surface area contributed by atoms with Gasteiger partial charge in [-0.1, -0.05) is 54.2 Å². The van der Waals surface area contributed by atoms with Gasteiger partial charge in [-0.2, -0.15) is 5.10 Å². The number of nitrogens with one attached hydrogen (secondary N) is 1. The normalized spacial score (nSPS) is 11.3. The van der Waals surface area contributed by atoms with Crippen LogP contribution in [0.15, 0.2) is 83.2 Å². The molecule has 2 heterocycles. The summed E-state index contributed by atoms with van der Waals surface area (Å²) in [7, 11) is 1.93. The number of hydrogen-bond donors (Lipinski definition) is 1. The van der Waals surface area contributed by atoms with Gasteiger partial charge in [0.15, 0.2) is 5.16 Å². The van der Waals surface area contributed by atoms with Gasteiger partial charge < -0.3 is 9.13 Å². The van der Waals surface area contributed by atoms with E-state index in [0.717, 1.165) is 21.9 Å². The minimum atomic E-state index is -0.168. The number of aromatic nitrogens is 3. The van der Waals surface area contributed by atoms with Crippen LogP contribution < -0.4 is 5.43 Å². The lowest BCUT2D eigenvalue weighted by atomic mass is 10.2. The highest BCUT2D eigenvalue weighted by Gasteiger charge is 2.13. The Morgan fingerprint density at radius 1 is 1.10 bits per heavy atom. The van der Waals surface area contributed by atoms with Crippen molar-refractivity contribution >= 4 is 34.9 Å². The molecule has 0 saturated heterocycles. The largest absolute Gasteiger partial charge is 0.350 e. The van der Waals surface area contributed by atoms with Gasteiger partial charge in [0, 0.05) is 13.2 Å². The quantitative estimate of drug-likeness (QED) is 0.291. The smallest absolute Gasteiger partial charge is 0.250 e. The van der Waals surface area contributed by atoms with Gasteiger partial charge in [0.1, 0.15) is 0 Å². The summed E-state index contributed by atoms with van der Waals surface area (Å²) in [6, 6.07) is 22.1. The molecule has 0 unspecified atom stereocenters. The first kappa shape index (κ1) is 19.0. The Morgan fingerprint density at radius 3 is 2.69 bits per heavy atom. The van der Waals surface area contributed by atoms with E-state index >= 15 is 0 Å². The summed E-state index contributed by atoms with van der Waals surface area (Å²) in [6.07, 6.45) is 3.56. The SMILES string of the molecule is Cn1cccc1/C=N/NC(=O)CSc1nc2ccccc2n1Cc1ccccc1. The molecule has 0 bridgehead atoms. The Bertz CT molecular complexity index is 1150. The zero-order valence-corrected chi connectivity index (χ0v) is 16.8. The van der Waals surface area contributed by atoms with Crippen molar-refractivity contribution in [3.63, 3.8) is 0 Å². The van der Waals surface area contributed by atoms with Crippen LogP contribution in [0.5, 0.6) is 0 Å². The van der Waals surface area contributed by atoms with E-state index in [-0.39, 0.29) is 11.7 Å². The number of rotatable bonds is 7. The van der Waals surface area contributed by atoms with Crippen LogP contribution in [0.3, 0.4) is 0 Å². The monoisotopic (exact) mass is 403 g/mol. The third-order valence-corrected chi connectivity index (χ3v) is 5.48. The van der Waals surface area contributed by atoms with Crippen molar-refractivity contribution in [2.24, 2.45) is 12.1 Å². The Morgan fingerprint density at radius 2 is 1.90 bits per heavy atom.